The van der Waals surface area contributed by atoms with Crippen molar-refractivity contribution < 1.29 is 14.3 Å². The molecule has 2 aromatic carbocycles. The number of rotatable bonds is 7. The summed E-state index contributed by atoms with van der Waals surface area (Å²) in [6, 6.07) is 12.5. The number of ether oxygens (including phenoxy) is 2. The first-order valence-corrected chi connectivity index (χ1v) is 15.9. The van der Waals surface area contributed by atoms with Gasteiger partial charge in [0.05, 0.1) is 22.9 Å². The van der Waals surface area contributed by atoms with Crippen LogP contribution in [-0.2, 0) is 14.3 Å². The molecular formula is C33H40ClN5O3S. The maximum atomic E-state index is 13.2. The quantitative estimate of drug-likeness (QED) is 0.198. The Kier molecular flexibility index (Phi) is 9.09. The molecule has 8 nitrogen and oxygen atoms in total. The van der Waals surface area contributed by atoms with Gasteiger partial charge in [-0.1, -0.05) is 23.7 Å². The van der Waals surface area contributed by atoms with Crippen molar-refractivity contribution in [3.63, 3.8) is 0 Å². The molecule has 2 atom stereocenters. The Morgan fingerprint density at radius 2 is 1.84 bits per heavy atom. The second-order valence-corrected chi connectivity index (χ2v) is 13.8. The molecule has 228 valence electrons. The maximum Gasteiger partial charge on any atom is 0.339 e. The Morgan fingerprint density at radius 1 is 1.12 bits per heavy atom. The van der Waals surface area contributed by atoms with Gasteiger partial charge in [-0.25, -0.2) is 19.7 Å². The van der Waals surface area contributed by atoms with Gasteiger partial charge in [0.25, 0.3) is 0 Å². The van der Waals surface area contributed by atoms with Crippen LogP contribution in [-0.4, -0.2) is 70.2 Å². The number of anilines is 1. The van der Waals surface area contributed by atoms with Crippen LogP contribution in [0.25, 0.3) is 32.0 Å². The predicted octanol–water partition coefficient (Wildman–Crippen LogP) is 7.33. The van der Waals surface area contributed by atoms with Crippen LogP contribution in [0.15, 0.2) is 42.6 Å². The standard InChI is InChI=1S/C33H40ClN5O3S/c1-19(2)39-16-15-38(18-21(39)4)32-35-14-13-24(37-32)30-36-25-17-20(3)26(28(31(40)41-8)42-33(5,6)7)27(29(25)43-30)22-9-11-23(34)12-10-22/h9-14,17,19,21,28H,15-16,18H2,1-8H3. The Hall–Kier alpha value is -3.11. The molecule has 0 saturated carbocycles. The van der Waals surface area contributed by atoms with Crippen LogP contribution < -0.4 is 4.90 Å². The van der Waals surface area contributed by atoms with E-state index >= 15 is 0 Å². The monoisotopic (exact) mass is 621 g/mol. The number of thiazole rings is 1. The highest BCUT2D eigenvalue weighted by Gasteiger charge is 2.33. The van der Waals surface area contributed by atoms with Crippen molar-refractivity contribution >= 4 is 45.1 Å². The van der Waals surface area contributed by atoms with E-state index in [2.05, 4.69) is 35.6 Å². The summed E-state index contributed by atoms with van der Waals surface area (Å²) in [5.41, 5.74) is 4.43. The molecule has 4 aromatic rings. The minimum absolute atomic E-state index is 0.407. The fraction of sp³-hybridized carbons (Fsp3) is 0.455. The van der Waals surface area contributed by atoms with Gasteiger partial charge in [0.2, 0.25) is 5.95 Å². The summed E-state index contributed by atoms with van der Waals surface area (Å²) in [5.74, 6) is 0.260. The van der Waals surface area contributed by atoms with Crippen molar-refractivity contribution in [3.05, 3.63) is 58.7 Å². The van der Waals surface area contributed by atoms with Crippen molar-refractivity contribution in [3.8, 4) is 21.8 Å². The molecular weight excluding hydrogens is 582 g/mol. The van der Waals surface area contributed by atoms with E-state index in [4.69, 9.17) is 31.0 Å². The summed E-state index contributed by atoms with van der Waals surface area (Å²) in [6.07, 6.45) is 0.882. The molecule has 43 heavy (non-hydrogen) atoms. The molecule has 0 N–H and O–H groups in total. The number of carbonyl (C=O) groups excluding carboxylic acids is 1. The summed E-state index contributed by atoms with van der Waals surface area (Å²) in [5, 5.41) is 1.41. The summed E-state index contributed by atoms with van der Waals surface area (Å²) in [7, 11) is 1.39. The largest absolute Gasteiger partial charge is 0.467 e. The molecule has 1 saturated heterocycles. The van der Waals surface area contributed by atoms with E-state index in [9.17, 15) is 4.79 Å². The third kappa shape index (κ3) is 6.70. The summed E-state index contributed by atoms with van der Waals surface area (Å²) < 4.78 is 12.5. The lowest BCUT2D eigenvalue weighted by Gasteiger charge is -2.42. The van der Waals surface area contributed by atoms with Gasteiger partial charge in [0.1, 0.15) is 10.7 Å². The van der Waals surface area contributed by atoms with Gasteiger partial charge in [0.15, 0.2) is 6.10 Å². The van der Waals surface area contributed by atoms with Gasteiger partial charge in [-0.15, -0.1) is 11.3 Å². The van der Waals surface area contributed by atoms with Gasteiger partial charge in [-0.3, -0.25) is 4.90 Å². The van der Waals surface area contributed by atoms with E-state index in [0.29, 0.717) is 23.1 Å². The first-order chi connectivity index (χ1) is 20.4. The normalized spacial score (nSPS) is 17.1. The first-order valence-electron chi connectivity index (χ1n) is 14.7. The van der Waals surface area contributed by atoms with E-state index in [0.717, 1.165) is 62.8 Å². The van der Waals surface area contributed by atoms with Crippen molar-refractivity contribution in [1.82, 2.24) is 19.9 Å². The number of hydrogen-bond acceptors (Lipinski definition) is 9. The second kappa shape index (κ2) is 12.5. The minimum atomic E-state index is -0.928. The molecule has 5 rings (SSSR count). The predicted molar refractivity (Wildman–Crippen MR) is 175 cm³/mol. The Bertz CT molecular complexity index is 1620. The third-order valence-corrected chi connectivity index (χ3v) is 9.06. The average Bonchev–Trinajstić information content (AvgIpc) is 3.38. The number of piperazine rings is 1. The summed E-state index contributed by atoms with van der Waals surface area (Å²) in [4.78, 5) is 32.6. The molecule has 2 unspecified atom stereocenters. The number of aryl methyl sites for hydroxylation is 1. The number of hydrogen-bond donors (Lipinski definition) is 0. The minimum Gasteiger partial charge on any atom is -0.467 e. The number of nitrogens with zero attached hydrogens (tertiary/aromatic N) is 5. The number of halogens is 1. The molecule has 2 aromatic heterocycles. The van der Waals surface area contributed by atoms with E-state index in [1.807, 2.05) is 70.3 Å². The zero-order valence-corrected chi connectivity index (χ0v) is 27.7. The van der Waals surface area contributed by atoms with Crippen molar-refractivity contribution in [2.75, 3.05) is 31.6 Å². The van der Waals surface area contributed by atoms with E-state index < -0.39 is 17.7 Å². The third-order valence-electron chi connectivity index (χ3n) is 7.70. The van der Waals surface area contributed by atoms with Gasteiger partial charge in [0, 0.05) is 54.1 Å². The van der Waals surface area contributed by atoms with E-state index in [1.165, 1.54) is 7.11 Å². The molecule has 1 fully saturated rings. The molecule has 0 aliphatic carbocycles. The lowest BCUT2D eigenvalue weighted by Crippen LogP contribution is -2.54. The van der Waals surface area contributed by atoms with E-state index in [-0.39, 0.29) is 0 Å². The van der Waals surface area contributed by atoms with Crippen LogP contribution >= 0.6 is 22.9 Å². The zero-order chi connectivity index (χ0) is 31.1. The topological polar surface area (TPSA) is 80.7 Å². The van der Waals surface area contributed by atoms with Crippen molar-refractivity contribution in [2.24, 2.45) is 0 Å². The number of benzene rings is 2. The first kappa shape index (κ1) is 31.3. The lowest BCUT2D eigenvalue weighted by molar-refractivity contribution is -0.164. The van der Waals surface area contributed by atoms with Crippen LogP contribution in [0.2, 0.25) is 5.02 Å². The van der Waals surface area contributed by atoms with Crippen LogP contribution in [0.4, 0.5) is 5.95 Å². The number of aromatic nitrogens is 3. The van der Waals surface area contributed by atoms with Gasteiger partial charge in [-0.2, -0.15) is 0 Å². The fourth-order valence-corrected chi connectivity index (χ4v) is 7.01. The molecule has 0 spiro atoms. The molecule has 10 heteroatoms. The molecule has 1 aliphatic rings. The van der Waals surface area contributed by atoms with Crippen molar-refractivity contribution in [1.29, 1.82) is 0 Å². The average molecular weight is 622 g/mol. The highest BCUT2D eigenvalue weighted by molar-refractivity contribution is 7.22. The van der Waals surface area contributed by atoms with Crippen LogP contribution in [0.3, 0.4) is 0 Å². The van der Waals surface area contributed by atoms with Gasteiger partial charge >= 0.3 is 5.97 Å². The second-order valence-electron chi connectivity index (χ2n) is 12.4. The highest BCUT2D eigenvalue weighted by atomic mass is 35.5. The molecule has 0 radical (unpaired) electrons. The Labute approximate surface area is 263 Å². The molecule has 3 heterocycles. The summed E-state index contributed by atoms with van der Waals surface area (Å²) >= 11 is 7.82. The number of carbonyl (C=O) groups is 1. The molecule has 1 aliphatic heterocycles. The SMILES string of the molecule is COC(=O)C(OC(C)(C)C)c1c(C)cc2nc(-c3ccnc(N4CCN(C(C)C)C(C)C4)n3)sc2c1-c1ccc(Cl)cc1. The Balaban J connectivity index is 1.63. The number of methoxy groups -OCH3 is 1. The van der Waals surface area contributed by atoms with Crippen LogP contribution in [0.5, 0.6) is 0 Å². The van der Waals surface area contributed by atoms with Crippen LogP contribution in [0, 0.1) is 6.92 Å². The summed E-state index contributed by atoms with van der Waals surface area (Å²) in [6.45, 7) is 17.2. The highest BCUT2D eigenvalue weighted by Crippen LogP contribution is 2.44. The molecule has 0 amide bonds. The van der Waals surface area contributed by atoms with Crippen molar-refractivity contribution in [2.45, 2.75) is 72.3 Å². The van der Waals surface area contributed by atoms with Gasteiger partial charge < -0.3 is 14.4 Å². The number of fused-ring (bicyclic) bond motifs is 1. The van der Waals surface area contributed by atoms with E-state index in [1.54, 1.807) is 11.3 Å². The molecule has 0 bridgehead atoms. The van der Waals surface area contributed by atoms with Crippen LogP contribution in [0.1, 0.15) is 58.8 Å². The number of esters is 1. The zero-order valence-electron chi connectivity index (χ0n) is 26.1. The smallest absolute Gasteiger partial charge is 0.339 e. The maximum absolute atomic E-state index is 13.2. The Morgan fingerprint density at radius 3 is 2.47 bits per heavy atom. The fourth-order valence-electron chi connectivity index (χ4n) is 5.79. The lowest BCUT2D eigenvalue weighted by atomic mass is 9.91. The van der Waals surface area contributed by atoms with Gasteiger partial charge in [-0.05, 0) is 83.9 Å².